The monoisotopic (exact) mass is 197 g/mol. The van der Waals surface area contributed by atoms with E-state index in [-0.39, 0.29) is 5.75 Å². The third-order valence-electron chi connectivity index (χ3n) is 1.62. The van der Waals surface area contributed by atoms with Gasteiger partial charge in [-0.05, 0) is 24.1 Å². The Morgan fingerprint density at radius 1 is 1.54 bits per heavy atom. The van der Waals surface area contributed by atoms with Crippen LogP contribution in [0.2, 0.25) is 5.02 Å². The van der Waals surface area contributed by atoms with Crippen molar-refractivity contribution in [3.63, 3.8) is 0 Å². The highest BCUT2D eigenvalue weighted by atomic mass is 35.5. The number of nitrogens with zero attached hydrogens (tertiary/aromatic N) is 3. The van der Waals surface area contributed by atoms with E-state index >= 15 is 0 Å². The standard InChI is InChI=1S/C8H8ClN3O/c9-7-2-1-3-8(13)6(7)4-5-11-12-10/h1-3,13H,4-5H2. The first-order chi connectivity index (χ1) is 6.25. The second kappa shape index (κ2) is 4.60. The molecule has 5 heteroatoms. The summed E-state index contributed by atoms with van der Waals surface area (Å²) < 4.78 is 0. The lowest BCUT2D eigenvalue weighted by molar-refractivity contribution is 0.468. The fraction of sp³-hybridized carbons (Fsp3) is 0.250. The molecule has 0 fully saturated rings. The summed E-state index contributed by atoms with van der Waals surface area (Å²) in [5.74, 6) is 0.139. The molecule has 0 saturated heterocycles. The van der Waals surface area contributed by atoms with Crippen molar-refractivity contribution >= 4 is 11.6 Å². The average Bonchev–Trinajstić information content (AvgIpc) is 2.10. The van der Waals surface area contributed by atoms with Gasteiger partial charge in [0.15, 0.2) is 0 Å². The third kappa shape index (κ3) is 2.54. The van der Waals surface area contributed by atoms with E-state index in [0.717, 1.165) is 0 Å². The van der Waals surface area contributed by atoms with Crippen molar-refractivity contribution in [3.05, 3.63) is 39.2 Å². The zero-order valence-electron chi connectivity index (χ0n) is 6.81. The smallest absolute Gasteiger partial charge is 0.120 e. The van der Waals surface area contributed by atoms with Crippen LogP contribution in [0.3, 0.4) is 0 Å². The van der Waals surface area contributed by atoms with Crippen LogP contribution in [0, 0.1) is 0 Å². The summed E-state index contributed by atoms with van der Waals surface area (Å²) >= 11 is 5.81. The van der Waals surface area contributed by atoms with Gasteiger partial charge in [-0.15, -0.1) is 0 Å². The molecule has 0 aliphatic rings. The Morgan fingerprint density at radius 3 is 2.92 bits per heavy atom. The molecule has 0 radical (unpaired) electrons. The Kier molecular flexibility index (Phi) is 3.43. The maximum Gasteiger partial charge on any atom is 0.120 e. The van der Waals surface area contributed by atoms with E-state index < -0.39 is 0 Å². The summed E-state index contributed by atoms with van der Waals surface area (Å²) in [4.78, 5) is 2.61. The summed E-state index contributed by atoms with van der Waals surface area (Å²) in [6, 6.07) is 4.90. The van der Waals surface area contributed by atoms with Crippen LogP contribution in [0.4, 0.5) is 0 Å². The predicted molar refractivity (Wildman–Crippen MR) is 50.8 cm³/mol. The number of azide groups is 1. The van der Waals surface area contributed by atoms with E-state index in [1.165, 1.54) is 0 Å². The highest BCUT2D eigenvalue weighted by Crippen LogP contribution is 2.25. The summed E-state index contributed by atoms with van der Waals surface area (Å²) in [6.45, 7) is 0.299. The molecule has 13 heavy (non-hydrogen) atoms. The van der Waals surface area contributed by atoms with Crippen molar-refractivity contribution in [1.29, 1.82) is 0 Å². The van der Waals surface area contributed by atoms with Crippen molar-refractivity contribution < 1.29 is 5.11 Å². The van der Waals surface area contributed by atoms with Crippen molar-refractivity contribution in [2.45, 2.75) is 6.42 Å². The summed E-state index contributed by atoms with van der Waals surface area (Å²) in [7, 11) is 0. The van der Waals surface area contributed by atoms with Crippen LogP contribution >= 0.6 is 11.6 Å². The second-order valence-electron chi connectivity index (χ2n) is 2.44. The molecular formula is C8H8ClN3O. The van der Waals surface area contributed by atoms with Crippen LogP contribution in [0.1, 0.15) is 5.56 Å². The van der Waals surface area contributed by atoms with Gasteiger partial charge >= 0.3 is 0 Å². The largest absolute Gasteiger partial charge is 0.508 e. The summed E-state index contributed by atoms with van der Waals surface area (Å²) in [6.07, 6.45) is 0.454. The van der Waals surface area contributed by atoms with Gasteiger partial charge in [-0.1, -0.05) is 22.8 Å². The minimum absolute atomic E-state index is 0.139. The number of hydrogen-bond donors (Lipinski definition) is 1. The van der Waals surface area contributed by atoms with Crippen molar-refractivity contribution in [1.82, 2.24) is 0 Å². The van der Waals surface area contributed by atoms with E-state index in [4.69, 9.17) is 17.1 Å². The average molecular weight is 198 g/mol. The van der Waals surface area contributed by atoms with Crippen LogP contribution < -0.4 is 0 Å². The molecule has 4 nitrogen and oxygen atoms in total. The molecular weight excluding hydrogens is 190 g/mol. The van der Waals surface area contributed by atoms with Crippen LogP contribution in [0.15, 0.2) is 23.3 Å². The molecule has 68 valence electrons. The summed E-state index contributed by atoms with van der Waals surface area (Å²) in [5.41, 5.74) is 8.67. The Morgan fingerprint density at radius 2 is 2.31 bits per heavy atom. The molecule has 0 amide bonds. The fourth-order valence-corrected chi connectivity index (χ4v) is 1.27. The normalized spacial score (nSPS) is 9.31. The van der Waals surface area contributed by atoms with E-state index in [0.29, 0.717) is 23.6 Å². The quantitative estimate of drug-likeness (QED) is 0.452. The van der Waals surface area contributed by atoms with Gasteiger partial charge in [0.05, 0.1) is 0 Å². The number of hydrogen-bond acceptors (Lipinski definition) is 2. The van der Waals surface area contributed by atoms with Crippen molar-refractivity contribution in [2.75, 3.05) is 6.54 Å². The van der Waals surface area contributed by atoms with Gasteiger partial charge in [0.25, 0.3) is 0 Å². The molecule has 0 bridgehead atoms. The van der Waals surface area contributed by atoms with Gasteiger partial charge in [-0.25, -0.2) is 0 Å². The third-order valence-corrected chi connectivity index (χ3v) is 1.97. The zero-order chi connectivity index (χ0) is 9.68. The second-order valence-corrected chi connectivity index (χ2v) is 2.85. The molecule has 1 N–H and O–H groups in total. The lowest BCUT2D eigenvalue weighted by atomic mass is 10.1. The van der Waals surface area contributed by atoms with Gasteiger partial charge in [0.2, 0.25) is 0 Å². The summed E-state index contributed by atoms with van der Waals surface area (Å²) in [5, 5.41) is 13.2. The highest BCUT2D eigenvalue weighted by Gasteiger charge is 2.04. The molecule has 0 aromatic heterocycles. The first kappa shape index (κ1) is 9.71. The molecule has 0 heterocycles. The fourth-order valence-electron chi connectivity index (χ4n) is 1.00. The molecule has 1 rings (SSSR count). The lowest BCUT2D eigenvalue weighted by Crippen LogP contribution is -1.90. The minimum Gasteiger partial charge on any atom is -0.508 e. The molecule has 0 aliphatic carbocycles. The van der Waals surface area contributed by atoms with Gasteiger partial charge < -0.3 is 5.11 Å². The van der Waals surface area contributed by atoms with E-state index in [1.54, 1.807) is 18.2 Å². The van der Waals surface area contributed by atoms with E-state index in [2.05, 4.69) is 10.0 Å². The maximum atomic E-state index is 9.37. The number of halogens is 1. The van der Waals surface area contributed by atoms with Crippen LogP contribution in [0.25, 0.3) is 10.4 Å². The SMILES string of the molecule is [N-]=[N+]=NCCc1c(O)cccc1Cl. The number of rotatable bonds is 3. The molecule has 0 saturated carbocycles. The zero-order valence-corrected chi connectivity index (χ0v) is 7.57. The molecule has 1 aromatic rings. The number of phenolic OH excluding ortho intramolecular Hbond substituents is 1. The number of aromatic hydroxyl groups is 1. The van der Waals surface area contributed by atoms with Crippen molar-refractivity contribution in [2.24, 2.45) is 5.11 Å². The van der Waals surface area contributed by atoms with E-state index in [1.807, 2.05) is 0 Å². The first-order valence-corrected chi connectivity index (χ1v) is 4.10. The van der Waals surface area contributed by atoms with Gasteiger partial charge in [0, 0.05) is 22.0 Å². The maximum absolute atomic E-state index is 9.37. The lowest BCUT2D eigenvalue weighted by Gasteiger charge is -2.03. The van der Waals surface area contributed by atoms with E-state index in [9.17, 15) is 5.11 Å². The number of benzene rings is 1. The number of phenols is 1. The van der Waals surface area contributed by atoms with Gasteiger partial charge in [0.1, 0.15) is 5.75 Å². The predicted octanol–water partition coefficient (Wildman–Crippen LogP) is 2.90. The Hall–Kier alpha value is -1.38. The van der Waals surface area contributed by atoms with Gasteiger partial charge in [-0.2, -0.15) is 0 Å². The Bertz CT molecular complexity index is 327. The molecule has 0 aliphatic heterocycles. The first-order valence-electron chi connectivity index (χ1n) is 3.73. The van der Waals surface area contributed by atoms with Gasteiger partial charge in [-0.3, -0.25) is 0 Å². The molecule has 0 spiro atoms. The Balaban J connectivity index is 2.80. The highest BCUT2D eigenvalue weighted by molar-refractivity contribution is 6.31. The molecule has 0 atom stereocenters. The Labute approximate surface area is 80.4 Å². The minimum atomic E-state index is 0.139. The molecule has 0 unspecified atom stereocenters. The van der Waals surface area contributed by atoms with Crippen LogP contribution in [-0.2, 0) is 6.42 Å². The topological polar surface area (TPSA) is 69.0 Å². The van der Waals surface area contributed by atoms with Crippen molar-refractivity contribution in [3.8, 4) is 5.75 Å². The molecule has 1 aromatic carbocycles. The van der Waals surface area contributed by atoms with Crippen LogP contribution in [-0.4, -0.2) is 11.7 Å². The van der Waals surface area contributed by atoms with Crippen LogP contribution in [0.5, 0.6) is 5.75 Å².